The van der Waals surface area contributed by atoms with Crippen LogP contribution in [0.5, 0.6) is 0 Å². The molecular formula is C14H18N2. The lowest BCUT2D eigenvalue weighted by molar-refractivity contribution is 0.215. The number of aromatic nitrogens is 1. The molecule has 16 heavy (non-hydrogen) atoms. The summed E-state index contributed by atoms with van der Waals surface area (Å²) in [5.74, 6) is 0.704. The standard InChI is InChI=1S/C14H18N2/c1-14(2,3)12-4-5-13-11(7-12)6-10(8-15)9-16-13/h6,9,12H,4-5,7H2,1-3H3. The Kier molecular flexibility index (Phi) is 2.71. The fourth-order valence-corrected chi connectivity index (χ4v) is 2.42. The van der Waals surface area contributed by atoms with Crippen LogP contribution in [0.25, 0.3) is 0 Å². The first-order valence-corrected chi connectivity index (χ1v) is 5.88. The molecule has 1 heterocycles. The van der Waals surface area contributed by atoms with Gasteiger partial charge in [-0.05, 0) is 42.2 Å². The number of hydrogen-bond acceptors (Lipinski definition) is 2. The van der Waals surface area contributed by atoms with Gasteiger partial charge in [0.05, 0.1) is 5.56 Å². The van der Waals surface area contributed by atoms with Gasteiger partial charge < -0.3 is 0 Å². The van der Waals surface area contributed by atoms with Crippen LogP contribution in [0.15, 0.2) is 12.3 Å². The summed E-state index contributed by atoms with van der Waals surface area (Å²) >= 11 is 0. The summed E-state index contributed by atoms with van der Waals surface area (Å²) in [6, 6.07) is 4.18. The fourth-order valence-electron chi connectivity index (χ4n) is 2.42. The van der Waals surface area contributed by atoms with E-state index < -0.39 is 0 Å². The predicted octanol–water partition coefficient (Wildman–Crippen LogP) is 3.10. The lowest BCUT2D eigenvalue weighted by Crippen LogP contribution is -2.27. The highest BCUT2D eigenvalue weighted by molar-refractivity contribution is 5.34. The van der Waals surface area contributed by atoms with Gasteiger partial charge in [0.2, 0.25) is 0 Å². The van der Waals surface area contributed by atoms with E-state index in [9.17, 15) is 0 Å². The van der Waals surface area contributed by atoms with Gasteiger partial charge in [-0.25, -0.2) is 0 Å². The molecule has 1 aliphatic rings. The molecule has 0 spiro atoms. The number of fused-ring (bicyclic) bond motifs is 1. The third-order valence-electron chi connectivity index (χ3n) is 3.61. The van der Waals surface area contributed by atoms with E-state index in [0.717, 1.165) is 12.8 Å². The molecule has 1 aromatic heterocycles. The minimum absolute atomic E-state index is 0.348. The Morgan fingerprint density at radius 2 is 2.19 bits per heavy atom. The normalized spacial score (nSPS) is 20.0. The molecule has 0 N–H and O–H groups in total. The zero-order valence-corrected chi connectivity index (χ0v) is 10.2. The van der Waals surface area contributed by atoms with E-state index in [0.29, 0.717) is 16.9 Å². The van der Waals surface area contributed by atoms with Crippen molar-refractivity contribution in [3.8, 4) is 6.07 Å². The second kappa shape index (κ2) is 3.90. The molecule has 1 aliphatic carbocycles. The Hall–Kier alpha value is -1.36. The minimum atomic E-state index is 0.348. The van der Waals surface area contributed by atoms with Crippen LogP contribution in [0, 0.1) is 22.7 Å². The van der Waals surface area contributed by atoms with Gasteiger partial charge in [-0.15, -0.1) is 0 Å². The van der Waals surface area contributed by atoms with Crippen LogP contribution in [-0.2, 0) is 12.8 Å². The van der Waals surface area contributed by atoms with Gasteiger partial charge in [0.15, 0.2) is 0 Å². The molecule has 84 valence electrons. The smallest absolute Gasteiger partial charge is 0.101 e. The zero-order chi connectivity index (χ0) is 11.8. The van der Waals surface area contributed by atoms with Crippen molar-refractivity contribution in [3.05, 3.63) is 29.1 Å². The summed E-state index contributed by atoms with van der Waals surface area (Å²) in [5, 5.41) is 8.87. The largest absolute Gasteiger partial charge is 0.260 e. The zero-order valence-electron chi connectivity index (χ0n) is 10.2. The molecule has 1 unspecified atom stereocenters. The molecule has 0 saturated carbocycles. The SMILES string of the molecule is CC(C)(C)C1CCc2ncc(C#N)cc2C1. The molecule has 0 aromatic carbocycles. The van der Waals surface area contributed by atoms with Crippen molar-refractivity contribution in [3.63, 3.8) is 0 Å². The molecule has 2 rings (SSSR count). The highest BCUT2D eigenvalue weighted by Gasteiger charge is 2.29. The molecule has 0 amide bonds. The average molecular weight is 214 g/mol. The maximum atomic E-state index is 8.87. The van der Waals surface area contributed by atoms with E-state index in [4.69, 9.17) is 5.26 Å². The van der Waals surface area contributed by atoms with Crippen molar-refractivity contribution in [2.45, 2.75) is 40.0 Å². The Labute approximate surface area is 97.3 Å². The third kappa shape index (κ3) is 2.09. The molecule has 2 heteroatoms. The maximum Gasteiger partial charge on any atom is 0.101 e. The predicted molar refractivity (Wildman–Crippen MR) is 63.9 cm³/mol. The lowest BCUT2D eigenvalue weighted by Gasteiger charge is -2.34. The number of aryl methyl sites for hydroxylation is 1. The average Bonchev–Trinajstić information content (AvgIpc) is 2.26. The van der Waals surface area contributed by atoms with Gasteiger partial charge in [-0.2, -0.15) is 5.26 Å². The lowest BCUT2D eigenvalue weighted by atomic mass is 9.71. The van der Waals surface area contributed by atoms with Crippen LogP contribution in [0.1, 0.15) is 44.0 Å². The monoisotopic (exact) mass is 214 g/mol. The van der Waals surface area contributed by atoms with Gasteiger partial charge >= 0.3 is 0 Å². The summed E-state index contributed by atoms with van der Waals surface area (Å²) in [6.45, 7) is 6.89. The van der Waals surface area contributed by atoms with Crippen molar-refractivity contribution in [2.24, 2.45) is 11.3 Å². The number of pyridine rings is 1. The van der Waals surface area contributed by atoms with Gasteiger partial charge in [0, 0.05) is 11.9 Å². The summed E-state index contributed by atoms with van der Waals surface area (Å²) in [7, 11) is 0. The first-order valence-electron chi connectivity index (χ1n) is 5.88. The van der Waals surface area contributed by atoms with Crippen LogP contribution in [0.3, 0.4) is 0 Å². The van der Waals surface area contributed by atoms with Gasteiger partial charge in [-0.1, -0.05) is 20.8 Å². The van der Waals surface area contributed by atoms with Crippen molar-refractivity contribution < 1.29 is 0 Å². The first-order chi connectivity index (χ1) is 7.50. The van der Waals surface area contributed by atoms with Crippen molar-refractivity contribution in [2.75, 3.05) is 0 Å². The number of rotatable bonds is 0. The number of nitriles is 1. The Balaban J connectivity index is 2.29. The molecule has 0 bridgehead atoms. The second-order valence-corrected chi connectivity index (χ2v) is 5.75. The van der Waals surface area contributed by atoms with Gasteiger partial charge in [-0.3, -0.25) is 4.98 Å². The summed E-state index contributed by atoms with van der Waals surface area (Å²) < 4.78 is 0. The van der Waals surface area contributed by atoms with Crippen LogP contribution < -0.4 is 0 Å². The van der Waals surface area contributed by atoms with Crippen molar-refractivity contribution >= 4 is 0 Å². The highest BCUT2D eigenvalue weighted by atomic mass is 14.7. The van der Waals surface area contributed by atoms with E-state index in [2.05, 4.69) is 31.8 Å². The Morgan fingerprint density at radius 3 is 2.81 bits per heavy atom. The molecule has 2 nitrogen and oxygen atoms in total. The maximum absolute atomic E-state index is 8.87. The van der Waals surface area contributed by atoms with Gasteiger partial charge in [0.25, 0.3) is 0 Å². The van der Waals surface area contributed by atoms with Gasteiger partial charge in [0.1, 0.15) is 6.07 Å². The van der Waals surface area contributed by atoms with E-state index in [-0.39, 0.29) is 0 Å². The molecular weight excluding hydrogens is 196 g/mol. The number of hydrogen-bond donors (Lipinski definition) is 0. The summed E-state index contributed by atoms with van der Waals surface area (Å²) in [4.78, 5) is 4.38. The Bertz CT molecular complexity index is 435. The summed E-state index contributed by atoms with van der Waals surface area (Å²) in [5.41, 5.74) is 3.51. The van der Waals surface area contributed by atoms with Crippen molar-refractivity contribution in [1.82, 2.24) is 4.98 Å². The molecule has 0 saturated heterocycles. The summed E-state index contributed by atoms with van der Waals surface area (Å²) in [6.07, 6.45) is 5.04. The fraction of sp³-hybridized carbons (Fsp3) is 0.571. The molecule has 1 aromatic rings. The van der Waals surface area contributed by atoms with E-state index >= 15 is 0 Å². The quantitative estimate of drug-likeness (QED) is 0.665. The molecule has 1 atom stereocenters. The second-order valence-electron chi connectivity index (χ2n) is 5.75. The van der Waals surface area contributed by atoms with E-state index in [1.54, 1.807) is 6.20 Å². The van der Waals surface area contributed by atoms with E-state index in [1.165, 1.54) is 17.7 Å². The van der Waals surface area contributed by atoms with Crippen molar-refractivity contribution in [1.29, 1.82) is 5.26 Å². The molecule has 0 aliphatic heterocycles. The molecule has 0 fully saturated rings. The van der Waals surface area contributed by atoms with Crippen LogP contribution in [0.4, 0.5) is 0 Å². The topological polar surface area (TPSA) is 36.7 Å². The minimum Gasteiger partial charge on any atom is -0.260 e. The van der Waals surface area contributed by atoms with Crippen LogP contribution in [-0.4, -0.2) is 4.98 Å². The number of nitrogens with zero attached hydrogens (tertiary/aromatic N) is 2. The van der Waals surface area contributed by atoms with Crippen LogP contribution in [0.2, 0.25) is 0 Å². The first kappa shape index (κ1) is 11.1. The Morgan fingerprint density at radius 1 is 1.44 bits per heavy atom. The van der Waals surface area contributed by atoms with E-state index in [1.807, 2.05) is 6.07 Å². The molecule has 0 radical (unpaired) electrons. The van der Waals surface area contributed by atoms with Crippen LogP contribution >= 0.6 is 0 Å². The third-order valence-corrected chi connectivity index (χ3v) is 3.61. The highest BCUT2D eigenvalue weighted by Crippen LogP contribution is 2.36.